The Morgan fingerprint density at radius 3 is 2.31 bits per heavy atom. The third-order valence-electron chi connectivity index (χ3n) is 4.22. The molecule has 0 aliphatic carbocycles. The lowest BCUT2D eigenvalue weighted by Gasteiger charge is -2.06. The summed E-state index contributed by atoms with van der Waals surface area (Å²) in [6.45, 7) is 0.0280. The number of hydrogen-bond donors (Lipinski definition) is 5. The molecule has 0 radical (unpaired) electrons. The molecule has 3 aromatic rings. The fourth-order valence-corrected chi connectivity index (χ4v) is 2.69. The van der Waals surface area contributed by atoms with Gasteiger partial charge in [0.2, 0.25) is 11.7 Å². The number of nitrogen functional groups attached to an aromatic ring is 1. The maximum Gasteiger partial charge on any atom is 0.379 e. The molecule has 6 N–H and O–H groups in total. The molecule has 3 rings (SSSR count). The van der Waals surface area contributed by atoms with E-state index in [9.17, 15) is 22.8 Å². The van der Waals surface area contributed by atoms with E-state index < -0.39 is 28.0 Å². The van der Waals surface area contributed by atoms with Crippen molar-refractivity contribution in [3.05, 3.63) is 65.6 Å². The van der Waals surface area contributed by atoms with Crippen LogP contribution in [-0.4, -0.2) is 48.0 Å². The largest absolute Gasteiger partial charge is 0.481 e. The van der Waals surface area contributed by atoms with Crippen LogP contribution in [0, 0.1) is 5.41 Å². The molecule has 0 aliphatic rings. The molecule has 0 bridgehead atoms. The van der Waals surface area contributed by atoms with E-state index in [0.717, 1.165) is 10.8 Å². The second-order valence-electron chi connectivity index (χ2n) is 7.20. The Kier molecular flexibility index (Phi) is 9.08. The van der Waals surface area contributed by atoms with Gasteiger partial charge in [0.05, 0.1) is 19.2 Å². The number of benzene rings is 2. The third-order valence-corrected chi connectivity index (χ3v) is 4.22. The molecule has 0 spiro atoms. The Morgan fingerprint density at radius 2 is 1.69 bits per heavy atom. The molecule has 0 aliphatic heterocycles. The number of carbonyl (C=O) groups excluding carboxylic acids is 2. The lowest BCUT2D eigenvalue weighted by molar-refractivity contribution is -0.138. The number of carbonyl (C=O) groups is 3. The average molecular weight is 506 g/mol. The van der Waals surface area contributed by atoms with Crippen LogP contribution in [0.2, 0.25) is 0 Å². The van der Waals surface area contributed by atoms with Gasteiger partial charge in [-0.3, -0.25) is 19.6 Å². The molecule has 186 valence electrons. The zero-order chi connectivity index (χ0) is 26.2. The lowest BCUT2D eigenvalue weighted by Crippen LogP contribution is -2.23. The highest BCUT2D eigenvalue weighted by Gasteiger charge is 2.15. The predicted molar refractivity (Wildman–Crippen MR) is 125 cm³/mol. The average Bonchev–Trinajstić information content (AvgIpc) is 3.24. The van der Waals surface area contributed by atoms with E-state index in [4.69, 9.17) is 30.0 Å². The number of hydrogen-bond acceptors (Lipinski definition) is 8. The molecule has 0 unspecified atom stereocenters. The van der Waals surface area contributed by atoms with Crippen molar-refractivity contribution in [3.63, 3.8) is 0 Å². The first kappa shape index (κ1) is 27.0. The Morgan fingerprint density at radius 1 is 1.06 bits per heavy atom. The quantitative estimate of drug-likeness (QED) is 0.0986. The van der Waals surface area contributed by atoms with E-state index in [2.05, 4.69) is 5.32 Å². The second kappa shape index (κ2) is 11.8. The van der Waals surface area contributed by atoms with Crippen molar-refractivity contribution in [2.45, 2.75) is 19.4 Å². The normalized spacial score (nSPS) is 10.7. The molecule has 0 saturated heterocycles. The zero-order valence-electron chi connectivity index (χ0n) is 18.5. The maximum atomic E-state index is 12.3. The number of nitrogens with two attached hydrogens (primary N) is 1. The Hall–Kier alpha value is -4.23. The number of rotatable bonds is 8. The summed E-state index contributed by atoms with van der Waals surface area (Å²) in [6, 6.07) is 13.3. The van der Waals surface area contributed by atoms with Gasteiger partial charge >= 0.3 is 11.9 Å². The fraction of sp³-hybridized carbons (Fsp3) is 0.182. The molecule has 0 atom stereocenters. The summed E-state index contributed by atoms with van der Waals surface area (Å²) in [7, 11) is -3.67. The van der Waals surface area contributed by atoms with Crippen LogP contribution in [0.4, 0.5) is 0 Å². The van der Waals surface area contributed by atoms with Gasteiger partial charge < -0.3 is 25.3 Å². The van der Waals surface area contributed by atoms with Gasteiger partial charge in [0.25, 0.3) is 10.1 Å². The van der Waals surface area contributed by atoms with Crippen molar-refractivity contribution >= 4 is 44.6 Å². The topological polar surface area (TPSA) is 210 Å². The van der Waals surface area contributed by atoms with Crippen molar-refractivity contribution in [3.8, 4) is 5.75 Å². The van der Waals surface area contributed by atoms with Crippen LogP contribution in [0.15, 0.2) is 52.9 Å². The Balaban J connectivity index is 0.000000784. The van der Waals surface area contributed by atoms with Crippen LogP contribution in [0.3, 0.4) is 0 Å². The number of esters is 1. The van der Waals surface area contributed by atoms with Gasteiger partial charge in [-0.1, -0.05) is 18.2 Å². The summed E-state index contributed by atoms with van der Waals surface area (Å²) in [5.41, 5.74) is 6.09. The Bertz CT molecular complexity index is 1360. The summed E-state index contributed by atoms with van der Waals surface area (Å²) in [4.78, 5) is 34.3. The number of nitrogens with one attached hydrogen (secondary N) is 2. The second-order valence-corrected chi connectivity index (χ2v) is 8.66. The van der Waals surface area contributed by atoms with Crippen molar-refractivity contribution < 1.29 is 41.6 Å². The number of fused-ring (bicyclic) bond motifs is 1. The number of carboxylic acid groups (broad SMARTS) is 1. The molecular formula is C22H23N3O9S. The van der Waals surface area contributed by atoms with Gasteiger partial charge in [0.15, 0.2) is 0 Å². The van der Waals surface area contributed by atoms with E-state index in [1.54, 1.807) is 36.4 Å². The van der Waals surface area contributed by atoms with Crippen LogP contribution in [-0.2, 0) is 26.3 Å². The van der Waals surface area contributed by atoms with E-state index >= 15 is 0 Å². The summed E-state index contributed by atoms with van der Waals surface area (Å²) < 4.78 is 36.6. The predicted octanol–water partition coefficient (Wildman–Crippen LogP) is 1.92. The first-order valence-corrected chi connectivity index (χ1v) is 11.8. The number of furan rings is 1. The zero-order valence-corrected chi connectivity index (χ0v) is 19.3. The third kappa shape index (κ3) is 9.65. The van der Waals surface area contributed by atoms with Crippen LogP contribution >= 0.6 is 0 Å². The van der Waals surface area contributed by atoms with Gasteiger partial charge in [0.1, 0.15) is 17.3 Å². The van der Waals surface area contributed by atoms with Crippen molar-refractivity contribution in [1.82, 2.24) is 5.32 Å². The number of amidine groups is 1. The molecule has 0 fully saturated rings. The number of aliphatic carboxylic acids is 1. The van der Waals surface area contributed by atoms with Crippen molar-refractivity contribution in [1.29, 1.82) is 5.41 Å². The van der Waals surface area contributed by atoms with E-state index in [1.807, 2.05) is 0 Å². The summed E-state index contributed by atoms with van der Waals surface area (Å²) in [5.74, 6) is -1.58. The van der Waals surface area contributed by atoms with E-state index in [1.165, 1.54) is 12.1 Å². The summed E-state index contributed by atoms with van der Waals surface area (Å²) in [6.07, 6.45) is 0.317. The molecule has 13 heteroatoms. The van der Waals surface area contributed by atoms with Crippen LogP contribution < -0.4 is 15.8 Å². The van der Waals surface area contributed by atoms with Crippen LogP contribution in [0.25, 0.3) is 10.8 Å². The first-order chi connectivity index (χ1) is 16.3. The standard InChI is InChI=1S/C21H19N3O6.CH4O3S/c22-20(23)14-2-1-13-10-15(4-3-12(13)9-14)30-21(28)17-6-5-16(29-17)11-24-18(25)7-8-19(26)27;1-5(2,3)4/h1-6,9-10H,7-8,11H2,(H3,22,23)(H,24,25)(H,26,27);1H3,(H,2,3,4). The molecule has 1 heterocycles. The summed E-state index contributed by atoms with van der Waals surface area (Å²) >= 11 is 0. The molecule has 12 nitrogen and oxygen atoms in total. The highest BCUT2D eigenvalue weighted by atomic mass is 32.2. The van der Waals surface area contributed by atoms with E-state index in [-0.39, 0.29) is 31.0 Å². The lowest BCUT2D eigenvalue weighted by atomic mass is 10.1. The number of amides is 1. The molecule has 0 saturated carbocycles. The molecular weight excluding hydrogens is 482 g/mol. The fourth-order valence-electron chi connectivity index (χ4n) is 2.69. The van der Waals surface area contributed by atoms with Gasteiger partial charge in [-0.05, 0) is 41.1 Å². The minimum absolute atomic E-state index is 0.0280. The van der Waals surface area contributed by atoms with Crippen LogP contribution in [0.1, 0.15) is 34.7 Å². The first-order valence-electron chi connectivity index (χ1n) is 9.92. The highest BCUT2D eigenvalue weighted by molar-refractivity contribution is 7.85. The molecule has 35 heavy (non-hydrogen) atoms. The minimum Gasteiger partial charge on any atom is -0.481 e. The van der Waals surface area contributed by atoms with Gasteiger partial charge in [-0.25, -0.2) is 4.79 Å². The highest BCUT2D eigenvalue weighted by Crippen LogP contribution is 2.23. The monoisotopic (exact) mass is 505 g/mol. The SMILES string of the molecule is CS(=O)(=O)O.N=C(N)c1ccc2cc(OC(=O)c3ccc(CNC(=O)CCC(=O)O)o3)ccc2c1. The Labute approximate surface area is 199 Å². The number of ether oxygens (including phenoxy) is 1. The maximum absolute atomic E-state index is 12.3. The van der Waals surface area contributed by atoms with Gasteiger partial charge in [-0.15, -0.1) is 0 Å². The van der Waals surface area contributed by atoms with Crippen molar-refractivity contribution in [2.24, 2.45) is 5.73 Å². The van der Waals surface area contributed by atoms with Gasteiger partial charge in [-0.2, -0.15) is 8.42 Å². The number of carboxylic acids is 1. The summed E-state index contributed by atoms with van der Waals surface area (Å²) in [5, 5.41) is 20.2. The minimum atomic E-state index is -3.67. The van der Waals surface area contributed by atoms with Crippen molar-refractivity contribution in [2.75, 3.05) is 6.26 Å². The molecule has 1 amide bonds. The smallest absolute Gasteiger partial charge is 0.379 e. The van der Waals surface area contributed by atoms with Gasteiger partial charge in [0, 0.05) is 12.0 Å². The van der Waals surface area contributed by atoms with Crippen LogP contribution in [0.5, 0.6) is 5.75 Å². The molecule has 2 aromatic carbocycles. The molecule has 1 aromatic heterocycles. The van der Waals surface area contributed by atoms with E-state index in [0.29, 0.717) is 23.3 Å².